The van der Waals surface area contributed by atoms with Crippen molar-refractivity contribution in [2.75, 3.05) is 0 Å². The van der Waals surface area contributed by atoms with Crippen LogP contribution in [0.2, 0.25) is 0 Å². The lowest BCUT2D eigenvalue weighted by molar-refractivity contribution is -0.147. The topological polar surface area (TPSA) is 74.6 Å². The Balaban J connectivity index is 1.60. The molecule has 4 heteroatoms. The molecular formula is C26H40O4. The van der Waals surface area contributed by atoms with Crippen LogP contribution in [-0.2, 0) is 22.4 Å². The third-order valence-electron chi connectivity index (χ3n) is 6.85. The average molecular weight is 417 g/mol. The van der Waals surface area contributed by atoms with E-state index in [0.29, 0.717) is 0 Å². The van der Waals surface area contributed by atoms with E-state index in [1.165, 1.54) is 24.0 Å². The number of carboxylic acids is 2. The van der Waals surface area contributed by atoms with Crippen LogP contribution in [0, 0.1) is 10.8 Å². The molecule has 0 spiro atoms. The highest BCUT2D eigenvalue weighted by Crippen LogP contribution is 2.50. The molecule has 1 aliphatic carbocycles. The zero-order valence-electron chi connectivity index (χ0n) is 18.9. The molecule has 2 rings (SSSR count). The molecule has 1 fully saturated rings. The van der Waals surface area contributed by atoms with Gasteiger partial charge >= 0.3 is 11.9 Å². The smallest absolute Gasteiger partial charge is 0.309 e. The van der Waals surface area contributed by atoms with Crippen molar-refractivity contribution in [3.63, 3.8) is 0 Å². The highest BCUT2D eigenvalue weighted by atomic mass is 16.4. The van der Waals surface area contributed by atoms with Gasteiger partial charge in [-0.05, 0) is 76.3 Å². The van der Waals surface area contributed by atoms with Crippen LogP contribution < -0.4 is 0 Å². The molecule has 1 aliphatic rings. The number of aliphatic carboxylic acids is 2. The molecule has 0 atom stereocenters. The summed E-state index contributed by atoms with van der Waals surface area (Å²) in [7, 11) is 0. The van der Waals surface area contributed by atoms with E-state index >= 15 is 0 Å². The summed E-state index contributed by atoms with van der Waals surface area (Å²) in [5, 5.41) is 18.4. The minimum atomic E-state index is -0.703. The van der Waals surface area contributed by atoms with Gasteiger partial charge in [-0.25, -0.2) is 0 Å². The van der Waals surface area contributed by atoms with Crippen molar-refractivity contribution in [3.05, 3.63) is 35.4 Å². The molecule has 4 nitrogen and oxygen atoms in total. The van der Waals surface area contributed by atoms with E-state index in [9.17, 15) is 19.8 Å². The van der Waals surface area contributed by atoms with Gasteiger partial charge in [-0.1, -0.05) is 62.8 Å². The maximum absolute atomic E-state index is 11.2. The molecular weight excluding hydrogens is 376 g/mol. The predicted octanol–water partition coefficient (Wildman–Crippen LogP) is 6.65. The van der Waals surface area contributed by atoms with E-state index in [2.05, 4.69) is 24.3 Å². The Labute approximate surface area is 182 Å². The molecule has 1 saturated carbocycles. The summed E-state index contributed by atoms with van der Waals surface area (Å²) in [5.41, 5.74) is 1.93. The minimum Gasteiger partial charge on any atom is -0.481 e. The Hall–Kier alpha value is -1.84. The van der Waals surface area contributed by atoms with Crippen LogP contribution in [0.5, 0.6) is 0 Å². The molecule has 1 aromatic carbocycles. The number of unbranched alkanes of at least 4 members (excludes halogenated alkanes) is 6. The first-order chi connectivity index (χ1) is 14.3. The summed E-state index contributed by atoms with van der Waals surface area (Å²) < 4.78 is 0. The van der Waals surface area contributed by atoms with Gasteiger partial charge in [-0.3, -0.25) is 9.59 Å². The largest absolute Gasteiger partial charge is 0.481 e. The predicted molar refractivity (Wildman–Crippen MR) is 121 cm³/mol. The highest BCUT2D eigenvalue weighted by molar-refractivity contribution is 5.77. The van der Waals surface area contributed by atoms with Crippen molar-refractivity contribution in [1.29, 1.82) is 0 Å². The van der Waals surface area contributed by atoms with Crippen LogP contribution in [0.3, 0.4) is 0 Å². The van der Waals surface area contributed by atoms with Crippen LogP contribution in [0.15, 0.2) is 24.3 Å². The maximum Gasteiger partial charge on any atom is 0.309 e. The van der Waals surface area contributed by atoms with Crippen LogP contribution in [0.25, 0.3) is 0 Å². The molecule has 0 saturated heterocycles. The van der Waals surface area contributed by atoms with Crippen molar-refractivity contribution in [1.82, 2.24) is 0 Å². The lowest BCUT2D eigenvalue weighted by Crippen LogP contribution is -2.23. The van der Waals surface area contributed by atoms with E-state index in [4.69, 9.17) is 0 Å². The summed E-state index contributed by atoms with van der Waals surface area (Å²) in [5.74, 6) is -1.30. The van der Waals surface area contributed by atoms with Crippen LogP contribution in [0.4, 0.5) is 0 Å². The van der Waals surface area contributed by atoms with Crippen LogP contribution in [0.1, 0.15) is 102 Å². The quantitative estimate of drug-likeness (QED) is 0.296. The molecule has 0 aliphatic heterocycles. The molecule has 0 unspecified atom stereocenters. The highest BCUT2D eigenvalue weighted by Gasteiger charge is 2.49. The van der Waals surface area contributed by atoms with Crippen molar-refractivity contribution in [3.8, 4) is 0 Å². The standard InChI is InChI=1S/C26H40O4/c1-25(2,23(27)28)17-11-5-3-7-13-21-15-9-10-16-22(21)14-8-4-6-12-18-26(19-20-26)24(29)30/h9-10,15-16H,3-8,11-14,17-20H2,1-2H3,(H,27,28)(H,29,30). The van der Waals surface area contributed by atoms with E-state index in [1.54, 1.807) is 0 Å². The summed E-state index contributed by atoms with van der Waals surface area (Å²) >= 11 is 0. The number of carboxylic acid groups (broad SMARTS) is 2. The average Bonchev–Trinajstić information content (AvgIpc) is 3.49. The van der Waals surface area contributed by atoms with Crippen LogP contribution >= 0.6 is 0 Å². The maximum atomic E-state index is 11.2. The van der Waals surface area contributed by atoms with E-state index in [-0.39, 0.29) is 5.41 Å². The second kappa shape index (κ2) is 11.5. The summed E-state index contributed by atoms with van der Waals surface area (Å²) in [4.78, 5) is 22.4. The first-order valence-electron chi connectivity index (χ1n) is 11.8. The van der Waals surface area contributed by atoms with Gasteiger partial charge in [0.15, 0.2) is 0 Å². The zero-order chi connectivity index (χ0) is 22.0. The molecule has 1 aromatic rings. The van der Waals surface area contributed by atoms with Gasteiger partial charge in [-0.2, -0.15) is 0 Å². The summed E-state index contributed by atoms with van der Waals surface area (Å²) in [6.45, 7) is 3.61. The molecule has 0 heterocycles. The molecule has 168 valence electrons. The second-order valence-corrected chi connectivity index (χ2v) is 9.87. The number of carbonyl (C=O) groups is 2. The lowest BCUT2D eigenvalue weighted by atomic mass is 9.87. The number of aryl methyl sites for hydroxylation is 2. The van der Waals surface area contributed by atoms with Gasteiger partial charge in [0, 0.05) is 0 Å². The zero-order valence-corrected chi connectivity index (χ0v) is 18.9. The van der Waals surface area contributed by atoms with Gasteiger partial charge < -0.3 is 10.2 Å². The number of benzene rings is 1. The van der Waals surface area contributed by atoms with Gasteiger partial charge in [0.2, 0.25) is 0 Å². The Bertz CT molecular complexity index is 641. The minimum absolute atomic E-state index is 0.365. The first-order valence-corrected chi connectivity index (χ1v) is 11.8. The SMILES string of the molecule is CC(C)(CCCCCCc1ccccc1CCCCCCC1(C(=O)O)CC1)C(=O)O. The van der Waals surface area contributed by atoms with E-state index in [1.807, 2.05) is 13.8 Å². The third-order valence-corrected chi connectivity index (χ3v) is 6.85. The molecule has 0 amide bonds. The summed E-state index contributed by atoms with van der Waals surface area (Å²) in [6.07, 6.45) is 14.4. The lowest BCUT2D eigenvalue weighted by Gasteiger charge is -2.18. The van der Waals surface area contributed by atoms with E-state index in [0.717, 1.165) is 77.0 Å². The van der Waals surface area contributed by atoms with Crippen LogP contribution in [-0.4, -0.2) is 22.2 Å². The van der Waals surface area contributed by atoms with Gasteiger partial charge in [0.25, 0.3) is 0 Å². The molecule has 0 radical (unpaired) electrons. The number of hydrogen-bond acceptors (Lipinski definition) is 2. The second-order valence-electron chi connectivity index (χ2n) is 9.87. The summed E-state index contributed by atoms with van der Waals surface area (Å²) in [6, 6.07) is 8.73. The fourth-order valence-electron chi connectivity index (χ4n) is 4.24. The molecule has 30 heavy (non-hydrogen) atoms. The fraction of sp³-hybridized carbons (Fsp3) is 0.692. The Morgan fingerprint density at radius 3 is 1.80 bits per heavy atom. The number of rotatable bonds is 16. The van der Waals surface area contributed by atoms with Crippen molar-refractivity contribution >= 4 is 11.9 Å². The normalized spacial score (nSPS) is 15.1. The van der Waals surface area contributed by atoms with Gasteiger partial charge in [0.1, 0.15) is 0 Å². The molecule has 0 aromatic heterocycles. The Kier molecular flexibility index (Phi) is 9.38. The number of hydrogen-bond donors (Lipinski definition) is 2. The molecule has 0 bridgehead atoms. The van der Waals surface area contributed by atoms with Crippen molar-refractivity contribution < 1.29 is 19.8 Å². The monoisotopic (exact) mass is 416 g/mol. The van der Waals surface area contributed by atoms with Gasteiger partial charge in [-0.15, -0.1) is 0 Å². The molecule has 2 N–H and O–H groups in total. The first kappa shape index (κ1) is 24.4. The van der Waals surface area contributed by atoms with Crippen molar-refractivity contribution in [2.45, 2.75) is 104 Å². The van der Waals surface area contributed by atoms with Gasteiger partial charge in [0.05, 0.1) is 10.8 Å². The van der Waals surface area contributed by atoms with Crippen molar-refractivity contribution in [2.24, 2.45) is 10.8 Å². The Morgan fingerprint density at radius 1 is 0.833 bits per heavy atom. The van der Waals surface area contributed by atoms with E-state index < -0.39 is 17.4 Å². The fourth-order valence-corrected chi connectivity index (χ4v) is 4.24. The third kappa shape index (κ3) is 7.77. The Morgan fingerprint density at radius 2 is 1.33 bits per heavy atom.